The van der Waals surface area contributed by atoms with Gasteiger partial charge in [-0.1, -0.05) is 47.5 Å². The number of piperidine rings is 1. The lowest BCUT2D eigenvalue weighted by Gasteiger charge is -2.42. The van der Waals surface area contributed by atoms with Crippen molar-refractivity contribution in [3.8, 4) is 0 Å². The van der Waals surface area contributed by atoms with E-state index in [1.807, 2.05) is 25.1 Å². The minimum atomic E-state index is -0.398. The predicted molar refractivity (Wildman–Crippen MR) is 125 cm³/mol. The summed E-state index contributed by atoms with van der Waals surface area (Å²) < 4.78 is 14.1. The minimum absolute atomic E-state index is 0.0619. The van der Waals surface area contributed by atoms with E-state index in [9.17, 15) is 9.18 Å². The van der Waals surface area contributed by atoms with Gasteiger partial charge in [0.15, 0.2) is 0 Å². The zero-order valence-electron chi connectivity index (χ0n) is 17.2. The van der Waals surface area contributed by atoms with Crippen molar-refractivity contribution in [2.45, 2.75) is 25.8 Å². The summed E-state index contributed by atoms with van der Waals surface area (Å²) in [5.41, 5.74) is 2.42. The Balaban J connectivity index is 1.71. The molecule has 1 amide bonds. The number of hydrogen-bond donors (Lipinski definition) is 2. The highest BCUT2D eigenvalue weighted by Gasteiger charge is 2.42. The minimum Gasteiger partial charge on any atom is -0.326 e. The highest BCUT2D eigenvalue weighted by atomic mass is 35.5. The van der Waals surface area contributed by atoms with E-state index in [4.69, 9.17) is 23.2 Å². The molecule has 2 aromatic rings. The Morgan fingerprint density at radius 2 is 2.03 bits per heavy atom. The van der Waals surface area contributed by atoms with Gasteiger partial charge in [-0.3, -0.25) is 4.79 Å². The average molecular weight is 459 g/mol. The van der Waals surface area contributed by atoms with Gasteiger partial charge in [-0.15, -0.1) is 0 Å². The summed E-state index contributed by atoms with van der Waals surface area (Å²) in [6, 6.07) is 11.6. The fraction of sp³-hybridized carbons (Fsp3) is 0.320. The molecule has 2 N–H and O–H groups in total. The van der Waals surface area contributed by atoms with Crippen LogP contribution in [0.4, 0.5) is 10.1 Å². The quantitative estimate of drug-likeness (QED) is 0.556. The van der Waals surface area contributed by atoms with Crippen LogP contribution in [0.25, 0.3) is 0 Å². The topological polar surface area (TPSA) is 41.1 Å². The van der Waals surface area contributed by atoms with Crippen LogP contribution in [0.3, 0.4) is 0 Å². The summed E-state index contributed by atoms with van der Waals surface area (Å²) in [7, 11) is 0. The van der Waals surface area contributed by atoms with E-state index < -0.39 is 5.92 Å². The second-order valence-corrected chi connectivity index (χ2v) is 9.20. The molecule has 162 valence electrons. The first-order chi connectivity index (χ1) is 14.9. The second kappa shape index (κ2) is 9.56. The highest BCUT2D eigenvalue weighted by Crippen LogP contribution is 2.43. The number of halogens is 3. The van der Waals surface area contributed by atoms with E-state index in [0.29, 0.717) is 17.1 Å². The summed E-state index contributed by atoms with van der Waals surface area (Å²) >= 11 is 12.4. The molecule has 31 heavy (non-hydrogen) atoms. The largest absolute Gasteiger partial charge is 0.326 e. The predicted octanol–water partition coefficient (Wildman–Crippen LogP) is 6.39. The average Bonchev–Trinajstić information content (AvgIpc) is 2.75. The van der Waals surface area contributed by atoms with Crippen molar-refractivity contribution < 1.29 is 9.18 Å². The summed E-state index contributed by atoms with van der Waals surface area (Å²) in [4.78, 5) is 13.6. The molecule has 0 saturated carbocycles. The lowest BCUT2D eigenvalue weighted by Crippen LogP contribution is -2.48. The molecular formula is C25H25Cl2FN2O. The van der Waals surface area contributed by atoms with E-state index in [2.05, 4.69) is 16.7 Å². The van der Waals surface area contributed by atoms with Gasteiger partial charge < -0.3 is 10.6 Å². The maximum absolute atomic E-state index is 14.1. The standard InChI is InChI=1S/C25H25Cl2FN2O/c1-15-8-9-19(28)14-22(15)24-23(25(31)30-20-7-3-6-18(27)13-20)21(10-11-29-24)16-4-2-5-17(26)12-16/h2-9,13-14,16,21,23-24,29H,10-12H2,1H3,(H,30,31)/t16-,21-,23+,24+/m1/s1. The van der Waals surface area contributed by atoms with Crippen LogP contribution >= 0.6 is 23.2 Å². The Bertz CT molecular complexity index is 1040. The zero-order chi connectivity index (χ0) is 22.0. The first kappa shape index (κ1) is 22.1. The van der Waals surface area contributed by atoms with Crippen LogP contribution < -0.4 is 10.6 Å². The third-order valence-electron chi connectivity index (χ3n) is 6.25. The van der Waals surface area contributed by atoms with Crippen LogP contribution in [0.2, 0.25) is 5.02 Å². The van der Waals surface area contributed by atoms with E-state index in [1.54, 1.807) is 30.3 Å². The van der Waals surface area contributed by atoms with Crippen molar-refractivity contribution in [3.05, 3.63) is 87.7 Å². The van der Waals surface area contributed by atoms with Crippen molar-refractivity contribution in [2.24, 2.45) is 17.8 Å². The van der Waals surface area contributed by atoms with Crippen molar-refractivity contribution >= 4 is 34.8 Å². The summed E-state index contributed by atoms with van der Waals surface area (Å²) in [6.07, 6.45) is 7.54. The number of benzene rings is 2. The van der Waals surface area contributed by atoms with Crippen LogP contribution in [-0.4, -0.2) is 12.5 Å². The lowest BCUT2D eigenvalue weighted by atomic mass is 9.69. The number of anilines is 1. The Hall–Kier alpha value is -2.14. The summed E-state index contributed by atoms with van der Waals surface area (Å²) in [6.45, 7) is 2.70. The first-order valence-electron chi connectivity index (χ1n) is 10.5. The van der Waals surface area contributed by atoms with Gasteiger partial charge >= 0.3 is 0 Å². The normalized spacial score (nSPS) is 25.7. The molecule has 1 saturated heterocycles. The molecule has 3 nitrogen and oxygen atoms in total. The van der Waals surface area contributed by atoms with Gasteiger partial charge in [0.2, 0.25) is 5.91 Å². The monoisotopic (exact) mass is 458 g/mol. The molecule has 0 spiro atoms. The third-order valence-corrected chi connectivity index (χ3v) is 6.76. The molecule has 2 aliphatic rings. The van der Waals surface area contributed by atoms with Gasteiger partial charge in [0, 0.05) is 21.8 Å². The molecular weight excluding hydrogens is 434 g/mol. The van der Waals surface area contributed by atoms with Crippen LogP contribution in [0.1, 0.15) is 30.0 Å². The number of hydrogen-bond acceptors (Lipinski definition) is 2. The number of nitrogens with one attached hydrogen (secondary N) is 2. The molecule has 1 heterocycles. The molecule has 0 unspecified atom stereocenters. The SMILES string of the molecule is Cc1ccc(F)cc1[C@@H]1NCC[C@H]([C@@H]2C=CC=C(Cl)C2)[C@@H]1C(=O)Nc1cccc(Cl)c1. The summed E-state index contributed by atoms with van der Waals surface area (Å²) in [5.74, 6) is -0.599. The van der Waals surface area contributed by atoms with E-state index in [-0.39, 0.29) is 29.6 Å². The van der Waals surface area contributed by atoms with Crippen LogP contribution in [-0.2, 0) is 4.79 Å². The van der Waals surface area contributed by atoms with E-state index in [1.165, 1.54) is 6.07 Å². The Labute approximate surface area is 192 Å². The molecule has 2 aromatic carbocycles. The first-order valence-corrected chi connectivity index (χ1v) is 11.3. The highest BCUT2D eigenvalue weighted by molar-refractivity contribution is 6.31. The van der Waals surface area contributed by atoms with Crippen LogP contribution in [0.5, 0.6) is 0 Å². The molecule has 4 rings (SSSR count). The van der Waals surface area contributed by atoms with Gasteiger partial charge in [0.1, 0.15) is 5.82 Å². The molecule has 0 bridgehead atoms. The Morgan fingerprint density at radius 1 is 1.19 bits per heavy atom. The van der Waals surface area contributed by atoms with Gasteiger partial charge in [0.05, 0.1) is 5.92 Å². The van der Waals surface area contributed by atoms with Crippen molar-refractivity contribution in [3.63, 3.8) is 0 Å². The maximum atomic E-state index is 14.1. The molecule has 4 atom stereocenters. The van der Waals surface area contributed by atoms with Gasteiger partial charge in [0.25, 0.3) is 0 Å². The van der Waals surface area contributed by atoms with Gasteiger partial charge in [-0.05, 0) is 85.7 Å². The molecule has 1 aliphatic carbocycles. The summed E-state index contributed by atoms with van der Waals surface area (Å²) in [5, 5.41) is 7.87. The molecule has 1 fully saturated rings. The lowest BCUT2D eigenvalue weighted by molar-refractivity contribution is -0.124. The maximum Gasteiger partial charge on any atom is 0.229 e. The number of carbonyl (C=O) groups is 1. The molecule has 0 radical (unpaired) electrons. The zero-order valence-corrected chi connectivity index (χ0v) is 18.8. The number of carbonyl (C=O) groups excluding carboxylic acids is 1. The molecule has 0 aromatic heterocycles. The van der Waals surface area contributed by atoms with Gasteiger partial charge in [-0.25, -0.2) is 4.39 Å². The van der Waals surface area contributed by atoms with Gasteiger partial charge in [-0.2, -0.15) is 0 Å². The fourth-order valence-electron chi connectivity index (χ4n) is 4.79. The second-order valence-electron chi connectivity index (χ2n) is 8.28. The number of rotatable bonds is 4. The molecule has 1 aliphatic heterocycles. The van der Waals surface area contributed by atoms with Crippen LogP contribution in [0.15, 0.2) is 65.7 Å². The number of allylic oxidation sites excluding steroid dienone is 4. The van der Waals surface area contributed by atoms with Crippen molar-refractivity contribution in [1.29, 1.82) is 0 Å². The van der Waals surface area contributed by atoms with E-state index in [0.717, 1.165) is 29.1 Å². The smallest absolute Gasteiger partial charge is 0.229 e. The van der Waals surface area contributed by atoms with E-state index >= 15 is 0 Å². The van der Waals surface area contributed by atoms with Crippen molar-refractivity contribution in [2.75, 3.05) is 11.9 Å². The third kappa shape index (κ3) is 5.03. The fourth-order valence-corrected chi connectivity index (χ4v) is 5.23. The van der Waals surface area contributed by atoms with Crippen LogP contribution in [0, 0.1) is 30.5 Å². The Kier molecular flexibility index (Phi) is 6.80. The number of aryl methyl sites for hydroxylation is 1. The Morgan fingerprint density at radius 3 is 2.81 bits per heavy atom. The molecule has 6 heteroatoms. The number of amides is 1. The van der Waals surface area contributed by atoms with Crippen molar-refractivity contribution in [1.82, 2.24) is 5.32 Å².